The Morgan fingerprint density at radius 1 is 1.36 bits per heavy atom. The van der Waals surface area contributed by atoms with Crippen LogP contribution in [0.4, 0.5) is 0 Å². The number of unbranched alkanes of at least 4 members (excludes halogenated alkanes) is 1. The van der Waals surface area contributed by atoms with Crippen LogP contribution in [0.5, 0.6) is 0 Å². The molecule has 0 saturated heterocycles. The summed E-state index contributed by atoms with van der Waals surface area (Å²) >= 11 is 2.24. The monoisotopic (exact) mass is 230 g/mol. The lowest BCUT2D eigenvalue weighted by Crippen LogP contribution is -2.29. The largest absolute Gasteiger partial charge is 0.179 e. The Morgan fingerprint density at radius 3 is 2.29 bits per heavy atom. The molecule has 1 unspecified atom stereocenters. The van der Waals surface area contributed by atoms with Gasteiger partial charge in [-0.2, -0.15) is 11.2 Å². The summed E-state index contributed by atoms with van der Waals surface area (Å²) in [7, 11) is -1.01. The lowest BCUT2D eigenvalue weighted by Gasteiger charge is -2.34. The van der Waals surface area contributed by atoms with Gasteiger partial charge in [0.05, 0.1) is 0 Å². The second-order valence-corrected chi connectivity index (χ2v) is 15.0. The molecule has 0 aliphatic carbocycles. The Hall–Kier alpha value is 0.307. The van der Waals surface area contributed by atoms with Crippen molar-refractivity contribution < 1.29 is 0 Å². The van der Waals surface area contributed by atoms with Crippen molar-refractivity contribution in [1.82, 2.24) is 0 Å². The Bertz CT molecular complexity index is 172. The predicted molar refractivity (Wildman–Crippen MR) is 73.7 cm³/mol. The van der Waals surface area contributed by atoms with E-state index in [-0.39, 0.29) is 0 Å². The fraction of sp³-hybridized carbons (Fsp3) is 0.833. The second kappa shape index (κ2) is 6.01. The first-order valence-corrected chi connectivity index (χ1v) is 10.7. The first-order valence-electron chi connectivity index (χ1n) is 5.64. The van der Waals surface area contributed by atoms with Crippen molar-refractivity contribution in [2.24, 2.45) is 0 Å². The van der Waals surface area contributed by atoms with Crippen molar-refractivity contribution in [3.8, 4) is 0 Å². The SMILES string of the molecule is C=CCC(C)(CCCC)S[Si](C)(C)C. The van der Waals surface area contributed by atoms with E-state index < -0.39 is 7.22 Å². The smallest absolute Gasteiger partial charge is 0.109 e. The van der Waals surface area contributed by atoms with Crippen molar-refractivity contribution in [3.63, 3.8) is 0 Å². The third-order valence-electron chi connectivity index (χ3n) is 2.19. The molecule has 0 nitrogen and oxygen atoms in total. The fourth-order valence-electron chi connectivity index (χ4n) is 1.79. The molecule has 0 aliphatic rings. The molecule has 0 fully saturated rings. The van der Waals surface area contributed by atoms with Gasteiger partial charge in [0.2, 0.25) is 0 Å². The fourth-order valence-corrected chi connectivity index (χ4v) is 8.71. The molecule has 1 atom stereocenters. The molecule has 0 amide bonds. The summed E-state index contributed by atoms with van der Waals surface area (Å²) in [5.74, 6) is 0. The quantitative estimate of drug-likeness (QED) is 0.434. The zero-order valence-electron chi connectivity index (χ0n) is 10.5. The van der Waals surface area contributed by atoms with Crippen molar-refractivity contribution >= 4 is 18.4 Å². The molecule has 0 bridgehead atoms. The van der Waals surface area contributed by atoms with E-state index in [0.29, 0.717) is 4.75 Å². The molecule has 0 aromatic rings. The highest BCUT2D eigenvalue weighted by molar-refractivity contribution is 8.29. The van der Waals surface area contributed by atoms with E-state index in [2.05, 4.69) is 57.4 Å². The average molecular weight is 230 g/mol. The molecule has 0 spiro atoms. The van der Waals surface area contributed by atoms with Crippen molar-refractivity contribution in [1.29, 1.82) is 0 Å². The van der Waals surface area contributed by atoms with Gasteiger partial charge in [-0.3, -0.25) is 0 Å². The highest BCUT2D eigenvalue weighted by Gasteiger charge is 2.29. The highest BCUT2D eigenvalue weighted by atomic mass is 32.4. The van der Waals surface area contributed by atoms with Crippen LogP contribution in [0, 0.1) is 0 Å². The average Bonchev–Trinajstić information content (AvgIpc) is 1.98. The molecule has 0 saturated carbocycles. The van der Waals surface area contributed by atoms with Gasteiger partial charge in [-0.1, -0.05) is 52.4 Å². The van der Waals surface area contributed by atoms with Crippen molar-refractivity contribution in [3.05, 3.63) is 12.7 Å². The molecular weight excluding hydrogens is 204 g/mol. The van der Waals surface area contributed by atoms with Crippen molar-refractivity contribution in [2.45, 2.75) is 63.9 Å². The topological polar surface area (TPSA) is 0 Å². The van der Waals surface area contributed by atoms with Gasteiger partial charge in [-0.15, -0.1) is 6.58 Å². The maximum atomic E-state index is 3.89. The van der Waals surface area contributed by atoms with E-state index in [1.54, 1.807) is 0 Å². The zero-order valence-corrected chi connectivity index (χ0v) is 12.3. The van der Waals surface area contributed by atoms with E-state index in [1.165, 1.54) is 19.3 Å². The Kier molecular flexibility index (Phi) is 6.15. The third kappa shape index (κ3) is 6.72. The van der Waals surface area contributed by atoms with Gasteiger partial charge in [0.25, 0.3) is 0 Å². The van der Waals surface area contributed by atoms with Crippen LogP contribution in [-0.2, 0) is 0 Å². The van der Waals surface area contributed by atoms with E-state index in [0.717, 1.165) is 6.42 Å². The van der Waals surface area contributed by atoms with Crippen LogP contribution in [-0.4, -0.2) is 12.0 Å². The van der Waals surface area contributed by atoms with Gasteiger partial charge < -0.3 is 0 Å². The van der Waals surface area contributed by atoms with Crippen LogP contribution in [0.2, 0.25) is 19.6 Å². The van der Waals surface area contributed by atoms with Crippen LogP contribution < -0.4 is 0 Å². The normalized spacial score (nSPS) is 16.4. The van der Waals surface area contributed by atoms with Gasteiger partial charge in [-0.05, 0) is 12.8 Å². The first kappa shape index (κ1) is 14.3. The summed E-state index contributed by atoms with van der Waals surface area (Å²) in [6.07, 6.45) is 7.23. The number of allylic oxidation sites excluding steroid dienone is 1. The Morgan fingerprint density at radius 2 is 1.93 bits per heavy atom. The van der Waals surface area contributed by atoms with Gasteiger partial charge in [0, 0.05) is 4.75 Å². The summed E-state index contributed by atoms with van der Waals surface area (Å²) in [5.41, 5.74) is 0. The molecule has 2 heteroatoms. The van der Waals surface area contributed by atoms with Crippen LogP contribution in [0.1, 0.15) is 39.5 Å². The summed E-state index contributed by atoms with van der Waals surface area (Å²) in [6.45, 7) is 15.9. The highest BCUT2D eigenvalue weighted by Crippen LogP contribution is 2.40. The number of rotatable bonds is 7. The lowest BCUT2D eigenvalue weighted by molar-refractivity contribution is 0.561. The molecule has 0 aromatic carbocycles. The minimum atomic E-state index is -1.01. The predicted octanol–water partition coefficient (Wildman–Crippen LogP) is 5.08. The third-order valence-corrected chi connectivity index (χ3v) is 6.98. The van der Waals surface area contributed by atoms with Crippen LogP contribution >= 0.6 is 11.2 Å². The van der Waals surface area contributed by atoms with Crippen LogP contribution in [0.15, 0.2) is 12.7 Å². The maximum absolute atomic E-state index is 3.89. The minimum absolute atomic E-state index is 0.447. The molecule has 0 aliphatic heterocycles. The maximum Gasteiger partial charge on any atom is 0.109 e. The van der Waals surface area contributed by atoms with Crippen LogP contribution in [0.25, 0.3) is 0 Å². The van der Waals surface area contributed by atoms with E-state index in [9.17, 15) is 0 Å². The summed E-state index contributed by atoms with van der Waals surface area (Å²) < 4.78 is 0.447. The minimum Gasteiger partial charge on any atom is -0.179 e. The Balaban J connectivity index is 4.30. The molecule has 0 radical (unpaired) electrons. The van der Waals surface area contributed by atoms with E-state index in [4.69, 9.17) is 0 Å². The molecular formula is C12H26SSi. The van der Waals surface area contributed by atoms with E-state index in [1.807, 2.05) is 0 Å². The molecule has 84 valence electrons. The molecule has 14 heavy (non-hydrogen) atoms. The molecule has 0 rings (SSSR count). The summed E-state index contributed by atoms with van der Waals surface area (Å²) in [6, 6.07) is 0. The standard InChI is InChI=1S/C12H26SSi/c1-7-9-11-12(3,10-8-2)13-14(4,5)6/h8H,2,7,9-11H2,1,3-6H3. The van der Waals surface area contributed by atoms with Gasteiger partial charge in [-0.25, -0.2) is 0 Å². The number of hydrogen-bond donors (Lipinski definition) is 0. The van der Waals surface area contributed by atoms with E-state index >= 15 is 0 Å². The molecule has 0 heterocycles. The molecule has 0 N–H and O–H groups in total. The summed E-state index contributed by atoms with van der Waals surface area (Å²) in [5, 5.41) is 0. The Labute approximate surface area is 95.2 Å². The van der Waals surface area contributed by atoms with Gasteiger partial charge in [0.1, 0.15) is 7.22 Å². The van der Waals surface area contributed by atoms with Gasteiger partial charge in [0.15, 0.2) is 0 Å². The lowest BCUT2D eigenvalue weighted by atomic mass is 10.00. The van der Waals surface area contributed by atoms with Crippen molar-refractivity contribution in [2.75, 3.05) is 0 Å². The number of hydrogen-bond acceptors (Lipinski definition) is 1. The van der Waals surface area contributed by atoms with Crippen LogP contribution in [0.3, 0.4) is 0 Å². The second-order valence-electron chi connectivity index (χ2n) is 5.26. The summed E-state index contributed by atoms with van der Waals surface area (Å²) in [4.78, 5) is 0. The molecule has 0 aromatic heterocycles. The van der Waals surface area contributed by atoms with Gasteiger partial charge >= 0.3 is 0 Å². The first-order chi connectivity index (χ1) is 6.33. The zero-order chi connectivity index (χ0) is 11.2.